The van der Waals surface area contributed by atoms with Crippen molar-refractivity contribution in [2.45, 2.75) is 38.9 Å². The highest BCUT2D eigenvalue weighted by Crippen LogP contribution is 2.32. The number of aromatic amines is 1. The lowest BCUT2D eigenvalue weighted by atomic mass is 10.0. The zero-order chi connectivity index (χ0) is 23.1. The number of nitrogens with zero attached hydrogens (tertiary/aromatic N) is 5. The normalized spacial score (nSPS) is 17.8. The van der Waals surface area contributed by atoms with Gasteiger partial charge >= 0.3 is 0 Å². The van der Waals surface area contributed by atoms with Gasteiger partial charge in [-0.3, -0.25) is 29.6 Å². The van der Waals surface area contributed by atoms with Gasteiger partial charge in [0, 0.05) is 29.8 Å². The number of H-pyrrole nitrogens is 1. The van der Waals surface area contributed by atoms with Crippen LogP contribution in [0, 0.1) is 6.92 Å². The number of hydrogen-bond acceptors (Lipinski definition) is 7. The summed E-state index contributed by atoms with van der Waals surface area (Å²) >= 11 is 0. The summed E-state index contributed by atoms with van der Waals surface area (Å²) < 4.78 is 1.41. The van der Waals surface area contributed by atoms with Gasteiger partial charge in [-0.1, -0.05) is 11.3 Å². The molecule has 12 nitrogen and oxygen atoms in total. The topological polar surface area (TPSA) is 155 Å². The lowest BCUT2D eigenvalue weighted by Crippen LogP contribution is -2.52. The zero-order valence-electron chi connectivity index (χ0n) is 17.7. The van der Waals surface area contributed by atoms with E-state index in [2.05, 4.69) is 31.1 Å². The molecular weight excluding hydrogens is 428 g/mol. The van der Waals surface area contributed by atoms with Crippen LogP contribution in [0.15, 0.2) is 30.6 Å². The molecule has 4 heterocycles. The summed E-state index contributed by atoms with van der Waals surface area (Å²) in [6, 6.07) is 4.33. The number of benzene rings is 1. The van der Waals surface area contributed by atoms with E-state index in [0.29, 0.717) is 22.5 Å². The maximum atomic E-state index is 12.9. The van der Waals surface area contributed by atoms with Gasteiger partial charge in [0.1, 0.15) is 18.3 Å². The minimum atomic E-state index is -0.717. The van der Waals surface area contributed by atoms with E-state index in [9.17, 15) is 19.2 Å². The van der Waals surface area contributed by atoms with Crippen LogP contribution in [0.3, 0.4) is 0 Å². The molecule has 33 heavy (non-hydrogen) atoms. The minimum Gasteiger partial charge on any atom is -0.324 e. The standard InChI is InChI=1S/C21H20N8O4/c1-11-7-22-26-19(11)15-9-28(27-25-15)10-18(31)23-14-4-2-3-12-13(14)8-29(21(12)33)16-5-6-17(30)24-20(16)32/h2-4,7,9,16H,5-6,8,10H2,1H3,(H,22,26)(H,23,31)(H,24,30,32). The molecule has 3 aromatic rings. The molecule has 168 valence electrons. The summed E-state index contributed by atoms with van der Waals surface area (Å²) in [6.07, 6.45) is 3.77. The van der Waals surface area contributed by atoms with Crippen LogP contribution in [0.25, 0.3) is 11.4 Å². The number of fused-ring (bicyclic) bond motifs is 1. The van der Waals surface area contributed by atoms with Gasteiger partial charge in [-0.25, -0.2) is 4.68 Å². The Morgan fingerprint density at radius 1 is 1.27 bits per heavy atom. The fourth-order valence-corrected chi connectivity index (χ4v) is 4.14. The fourth-order valence-electron chi connectivity index (χ4n) is 4.14. The highest BCUT2D eigenvalue weighted by atomic mass is 16.2. The van der Waals surface area contributed by atoms with Gasteiger partial charge in [0.05, 0.1) is 18.1 Å². The summed E-state index contributed by atoms with van der Waals surface area (Å²) in [7, 11) is 0. The molecule has 0 radical (unpaired) electrons. The number of nitrogens with one attached hydrogen (secondary N) is 3. The van der Waals surface area contributed by atoms with Gasteiger partial charge in [0.15, 0.2) is 0 Å². The molecule has 2 aliphatic rings. The second-order valence-corrected chi connectivity index (χ2v) is 8.01. The van der Waals surface area contributed by atoms with Gasteiger partial charge < -0.3 is 10.2 Å². The van der Waals surface area contributed by atoms with Crippen LogP contribution >= 0.6 is 0 Å². The van der Waals surface area contributed by atoms with Crippen molar-refractivity contribution in [3.05, 3.63) is 47.3 Å². The molecular formula is C21H20N8O4. The van der Waals surface area contributed by atoms with Crippen molar-refractivity contribution < 1.29 is 19.2 Å². The number of anilines is 1. The van der Waals surface area contributed by atoms with Crippen LogP contribution < -0.4 is 10.6 Å². The molecule has 1 fully saturated rings. The van der Waals surface area contributed by atoms with E-state index in [0.717, 1.165) is 11.3 Å². The maximum Gasteiger partial charge on any atom is 0.255 e. The molecule has 1 aromatic carbocycles. The molecule has 4 amide bonds. The number of piperidine rings is 1. The third kappa shape index (κ3) is 3.75. The SMILES string of the molecule is Cc1cn[nH]c1-c1cn(CC(=O)Nc2cccc3c2CN(C2CCC(=O)NC2=O)C3=O)nn1. The van der Waals surface area contributed by atoms with Crippen molar-refractivity contribution >= 4 is 29.3 Å². The van der Waals surface area contributed by atoms with E-state index in [1.165, 1.54) is 9.58 Å². The Balaban J connectivity index is 1.30. The molecule has 2 aromatic heterocycles. The molecule has 3 N–H and O–H groups in total. The van der Waals surface area contributed by atoms with E-state index in [4.69, 9.17) is 0 Å². The van der Waals surface area contributed by atoms with Gasteiger partial charge in [0.25, 0.3) is 5.91 Å². The number of carbonyl (C=O) groups excluding carboxylic acids is 4. The number of carbonyl (C=O) groups is 4. The van der Waals surface area contributed by atoms with Crippen LogP contribution in [0.5, 0.6) is 0 Å². The van der Waals surface area contributed by atoms with Crippen molar-refractivity contribution in [3.63, 3.8) is 0 Å². The van der Waals surface area contributed by atoms with E-state index < -0.39 is 11.9 Å². The summed E-state index contributed by atoms with van der Waals surface area (Å²) in [6.45, 7) is 1.98. The smallest absolute Gasteiger partial charge is 0.255 e. The highest BCUT2D eigenvalue weighted by Gasteiger charge is 2.39. The predicted octanol–water partition coefficient (Wildman–Crippen LogP) is 0.376. The quantitative estimate of drug-likeness (QED) is 0.477. The number of aryl methyl sites for hydroxylation is 1. The lowest BCUT2D eigenvalue weighted by molar-refractivity contribution is -0.137. The van der Waals surface area contributed by atoms with Gasteiger partial charge in [-0.05, 0) is 31.0 Å². The number of imide groups is 1. The summed E-state index contributed by atoms with van der Waals surface area (Å²) in [5.74, 6) is -1.46. The van der Waals surface area contributed by atoms with Crippen molar-refractivity contribution in [1.82, 2.24) is 35.4 Å². The Morgan fingerprint density at radius 3 is 2.88 bits per heavy atom. The molecule has 1 atom stereocenters. The van der Waals surface area contributed by atoms with Gasteiger partial charge in [-0.2, -0.15) is 5.10 Å². The molecule has 0 aliphatic carbocycles. The largest absolute Gasteiger partial charge is 0.324 e. The van der Waals surface area contributed by atoms with Crippen LogP contribution in [0.4, 0.5) is 5.69 Å². The third-order valence-electron chi connectivity index (χ3n) is 5.79. The van der Waals surface area contributed by atoms with Crippen LogP contribution in [-0.4, -0.2) is 59.8 Å². The average molecular weight is 448 g/mol. The second-order valence-electron chi connectivity index (χ2n) is 8.01. The molecule has 0 saturated carbocycles. The Bertz CT molecular complexity index is 1290. The first-order valence-electron chi connectivity index (χ1n) is 10.4. The molecule has 0 spiro atoms. The molecule has 12 heteroatoms. The van der Waals surface area contributed by atoms with Crippen molar-refractivity contribution in [2.24, 2.45) is 0 Å². The molecule has 2 aliphatic heterocycles. The predicted molar refractivity (Wildman–Crippen MR) is 113 cm³/mol. The second kappa shape index (κ2) is 7.97. The first-order chi connectivity index (χ1) is 15.9. The molecule has 1 unspecified atom stereocenters. The van der Waals surface area contributed by atoms with E-state index >= 15 is 0 Å². The first-order valence-corrected chi connectivity index (χ1v) is 10.4. The van der Waals surface area contributed by atoms with Crippen LogP contribution in [0.2, 0.25) is 0 Å². The Morgan fingerprint density at radius 2 is 2.12 bits per heavy atom. The Hall–Kier alpha value is -4.35. The number of rotatable bonds is 5. The van der Waals surface area contributed by atoms with Crippen molar-refractivity contribution in [1.29, 1.82) is 0 Å². The highest BCUT2D eigenvalue weighted by molar-refractivity contribution is 6.06. The maximum absolute atomic E-state index is 12.9. The van der Waals surface area contributed by atoms with Crippen molar-refractivity contribution in [2.75, 3.05) is 5.32 Å². The number of amides is 4. The third-order valence-corrected chi connectivity index (χ3v) is 5.79. The molecule has 5 rings (SSSR count). The van der Waals surface area contributed by atoms with Crippen LogP contribution in [-0.2, 0) is 27.5 Å². The minimum absolute atomic E-state index is 0.0747. The molecule has 1 saturated heterocycles. The summed E-state index contributed by atoms with van der Waals surface area (Å²) in [5, 5.41) is 20.0. The first kappa shape index (κ1) is 20.5. The monoisotopic (exact) mass is 448 g/mol. The average Bonchev–Trinajstić information content (AvgIpc) is 3.48. The number of hydrogen-bond donors (Lipinski definition) is 3. The molecule has 0 bridgehead atoms. The zero-order valence-corrected chi connectivity index (χ0v) is 17.7. The van der Waals surface area contributed by atoms with E-state index in [1.54, 1.807) is 30.6 Å². The Labute approximate surface area is 187 Å². The summed E-state index contributed by atoms with van der Waals surface area (Å²) in [5.41, 5.74) is 3.77. The number of aromatic nitrogens is 5. The summed E-state index contributed by atoms with van der Waals surface area (Å²) in [4.78, 5) is 50.7. The van der Waals surface area contributed by atoms with Gasteiger partial charge in [-0.15, -0.1) is 5.10 Å². The van der Waals surface area contributed by atoms with Gasteiger partial charge in [0.2, 0.25) is 17.7 Å². The van der Waals surface area contributed by atoms with E-state index in [1.807, 2.05) is 6.92 Å². The van der Waals surface area contributed by atoms with Crippen LogP contribution in [0.1, 0.15) is 34.3 Å². The Kier molecular flexibility index (Phi) is 4.96. The lowest BCUT2D eigenvalue weighted by Gasteiger charge is -2.29. The van der Waals surface area contributed by atoms with Crippen molar-refractivity contribution in [3.8, 4) is 11.4 Å². The van der Waals surface area contributed by atoms with E-state index in [-0.39, 0.29) is 43.7 Å². The fraction of sp³-hybridized carbons (Fsp3) is 0.286.